The second kappa shape index (κ2) is 4.62. The van der Waals surface area contributed by atoms with Crippen LogP contribution in [0.5, 0.6) is 5.75 Å². The van der Waals surface area contributed by atoms with Crippen LogP contribution in [-0.2, 0) is 0 Å². The van der Waals surface area contributed by atoms with Crippen molar-refractivity contribution in [2.45, 2.75) is 25.8 Å². The van der Waals surface area contributed by atoms with Crippen molar-refractivity contribution in [3.05, 3.63) is 29.6 Å². The van der Waals surface area contributed by atoms with Gasteiger partial charge < -0.3 is 10.1 Å². The van der Waals surface area contributed by atoms with E-state index < -0.39 is 0 Å². The molecule has 1 fully saturated rings. The molecule has 1 heterocycles. The Kier molecular flexibility index (Phi) is 3.21. The molecule has 1 aliphatic rings. The summed E-state index contributed by atoms with van der Waals surface area (Å²) in [7, 11) is 0. The average molecular weight is 209 g/mol. The third-order valence-corrected chi connectivity index (χ3v) is 2.71. The predicted octanol–water partition coefficient (Wildman–Crippen LogP) is 2.65. The first-order valence-corrected chi connectivity index (χ1v) is 5.47. The number of benzene rings is 1. The van der Waals surface area contributed by atoms with Crippen LogP contribution in [0.1, 0.15) is 31.4 Å². The first kappa shape index (κ1) is 10.4. The topological polar surface area (TPSA) is 21.3 Å². The highest BCUT2D eigenvalue weighted by molar-refractivity contribution is 5.37. The Morgan fingerprint density at radius 3 is 3.07 bits per heavy atom. The predicted molar refractivity (Wildman–Crippen MR) is 57.5 cm³/mol. The maximum atomic E-state index is 13.2. The van der Waals surface area contributed by atoms with Crippen LogP contribution in [0.15, 0.2) is 18.2 Å². The molecule has 15 heavy (non-hydrogen) atoms. The summed E-state index contributed by atoms with van der Waals surface area (Å²) in [4.78, 5) is 0. The Labute approximate surface area is 89.4 Å². The standard InChI is InChI=1S/C12H16FNO/c1-2-15-12-6-5-9(13)8-10(12)11-4-3-7-14-11/h5-6,8,11,14H,2-4,7H2,1H3. The highest BCUT2D eigenvalue weighted by atomic mass is 19.1. The minimum atomic E-state index is -0.192. The summed E-state index contributed by atoms with van der Waals surface area (Å²) in [6, 6.07) is 4.99. The van der Waals surface area contributed by atoms with Crippen molar-refractivity contribution in [2.24, 2.45) is 0 Å². The van der Waals surface area contributed by atoms with Crippen LogP contribution in [0.2, 0.25) is 0 Å². The fourth-order valence-corrected chi connectivity index (χ4v) is 2.03. The molecule has 1 saturated heterocycles. The molecule has 1 aromatic rings. The van der Waals surface area contributed by atoms with E-state index in [0.717, 1.165) is 30.7 Å². The summed E-state index contributed by atoms with van der Waals surface area (Å²) < 4.78 is 18.7. The third-order valence-electron chi connectivity index (χ3n) is 2.71. The van der Waals surface area contributed by atoms with Gasteiger partial charge in [0.25, 0.3) is 0 Å². The Morgan fingerprint density at radius 2 is 2.40 bits per heavy atom. The summed E-state index contributed by atoms with van der Waals surface area (Å²) in [5, 5.41) is 3.35. The van der Waals surface area contributed by atoms with Gasteiger partial charge in [-0.05, 0) is 44.5 Å². The Morgan fingerprint density at radius 1 is 1.53 bits per heavy atom. The number of hydrogen-bond donors (Lipinski definition) is 1. The fraction of sp³-hybridized carbons (Fsp3) is 0.500. The van der Waals surface area contributed by atoms with Gasteiger partial charge in [-0.3, -0.25) is 0 Å². The molecule has 2 nitrogen and oxygen atoms in total. The zero-order valence-corrected chi connectivity index (χ0v) is 8.92. The normalized spacial score (nSPS) is 20.5. The fourth-order valence-electron chi connectivity index (χ4n) is 2.03. The summed E-state index contributed by atoms with van der Waals surface area (Å²) in [6.45, 7) is 3.56. The van der Waals surface area contributed by atoms with Crippen LogP contribution in [0.4, 0.5) is 4.39 Å². The van der Waals surface area contributed by atoms with Crippen LogP contribution in [-0.4, -0.2) is 13.2 Å². The Balaban J connectivity index is 2.28. The molecule has 0 saturated carbocycles. The van der Waals surface area contributed by atoms with Crippen molar-refractivity contribution in [1.29, 1.82) is 0 Å². The zero-order valence-electron chi connectivity index (χ0n) is 8.92. The van der Waals surface area contributed by atoms with E-state index >= 15 is 0 Å². The van der Waals surface area contributed by atoms with Crippen molar-refractivity contribution in [3.63, 3.8) is 0 Å². The smallest absolute Gasteiger partial charge is 0.124 e. The van der Waals surface area contributed by atoms with E-state index in [1.807, 2.05) is 6.92 Å². The molecular weight excluding hydrogens is 193 g/mol. The molecule has 0 spiro atoms. The largest absolute Gasteiger partial charge is 0.494 e. The summed E-state index contributed by atoms with van der Waals surface area (Å²) in [6.07, 6.45) is 2.20. The van der Waals surface area contributed by atoms with Crippen LogP contribution in [0.3, 0.4) is 0 Å². The van der Waals surface area contributed by atoms with E-state index in [9.17, 15) is 4.39 Å². The molecule has 0 amide bonds. The Hall–Kier alpha value is -1.09. The van der Waals surface area contributed by atoms with E-state index in [4.69, 9.17) is 4.74 Å². The second-order valence-corrected chi connectivity index (χ2v) is 3.76. The van der Waals surface area contributed by atoms with Gasteiger partial charge in [-0.2, -0.15) is 0 Å². The van der Waals surface area contributed by atoms with Crippen molar-refractivity contribution >= 4 is 0 Å². The van der Waals surface area contributed by atoms with Gasteiger partial charge in [0.05, 0.1) is 6.61 Å². The van der Waals surface area contributed by atoms with Crippen LogP contribution in [0, 0.1) is 5.82 Å². The molecule has 0 bridgehead atoms. The van der Waals surface area contributed by atoms with Gasteiger partial charge in [0.15, 0.2) is 0 Å². The van der Waals surface area contributed by atoms with E-state index in [1.54, 1.807) is 12.1 Å². The van der Waals surface area contributed by atoms with Gasteiger partial charge in [-0.15, -0.1) is 0 Å². The van der Waals surface area contributed by atoms with Gasteiger partial charge in [0.2, 0.25) is 0 Å². The first-order valence-electron chi connectivity index (χ1n) is 5.47. The minimum absolute atomic E-state index is 0.192. The van der Waals surface area contributed by atoms with Gasteiger partial charge in [-0.1, -0.05) is 0 Å². The lowest BCUT2D eigenvalue weighted by atomic mass is 10.0. The SMILES string of the molecule is CCOc1ccc(F)cc1C1CCCN1. The number of hydrogen-bond acceptors (Lipinski definition) is 2. The van der Waals surface area contributed by atoms with Crippen molar-refractivity contribution in [2.75, 3.05) is 13.2 Å². The van der Waals surface area contributed by atoms with Crippen molar-refractivity contribution in [1.82, 2.24) is 5.32 Å². The van der Waals surface area contributed by atoms with E-state index in [-0.39, 0.29) is 11.9 Å². The van der Waals surface area contributed by atoms with Crippen molar-refractivity contribution < 1.29 is 9.13 Å². The van der Waals surface area contributed by atoms with Gasteiger partial charge >= 0.3 is 0 Å². The molecule has 0 aromatic heterocycles. The lowest BCUT2D eigenvalue weighted by Crippen LogP contribution is -2.14. The molecule has 1 aliphatic heterocycles. The second-order valence-electron chi connectivity index (χ2n) is 3.76. The van der Waals surface area contributed by atoms with Crippen LogP contribution >= 0.6 is 0 Å². The minimum Gasteiger partial charge on any atom is -0.494 e. The molecule has 82 valence electrons. The van der Waals surface area contributed by atoms with Gasteiger partial charge in [-0.25, -0.2) is 4.39 Å². The van der Waals surface area contributed by atoms with Crippen molar-refractivity contribution in [3.8, 4) is 5.75 Å². The number of ether oxygens (including phenoxy) is 1. The number of nitrogens with one attached hydrogen (secondary N) is 1. The van der Waals surface area contributed by atoms with Gasteiger partial charge in [0.1, 0.15) is 11.6 Å². The maximum absolute atomic E-state index is 13.2. The summed E-state index contributed by atoms with van der Waals surface area (Å²) in [5.74, 6) is 0.612. The highest BCUT2D eigenvalue weighted by Crippen LogP contribution is 2.31. The van der Waals surface area contributed by atoms with E-state index in [1.165, 1.54) is 6.07 Å². The zero-order chi connectivity index (χ0) is 10.7. The Bertz CT molecular complexity index is 334. The molecule has 2 rings (SSSR count). The molecule has 0 radical (unpaired) electrons. The molecule has 1 unspecified atom stereocenters. The molecule has 3 heteroatoms. The van der Waals surface area contributed by atoms with E-state index in [2.05, 4.69) is 5.32 Å². The molecule has 1 N–H and O–H groups in total. The summed E-state index contributed by atoms with van der Waals surface area (Å²) in [5.41, 5.74) is 0.953. The quantitative estimate of drug-likeness (QED) is 0.826. The number of halogens is 1. The lowest BCUT2D eigenvalue weighted by Gasteiger charge is -2.15. The lowest BCUT2D eigenvalue weighted by molar-refractivity contribution is 0.332. The van der Waals surface area contributed by atoms with Crippen LogP contribution < -0.4 is 10.1 Å². The molecule has 1 aromatic carbocycles. The number of rotatable bonds is 3. The van der Waals surface area contributed by atoms with Crippen LogP contribution in [0.25, 0.3) is 0 Å². The maximum Gasteiger partial charge on any atom is 0.124 e. The molecule has 0 aliphatic carbocycles. The average Bonchev–Trinajstić information content (AvgIpc) is 2.74. The van der Waals surface area contributed by atoms with E-state index in [0.29, 0.717) is 6.61 Å². The summed E-state index contributed by atoms with van der Waals surface area (Å²) >= 11 is 0. The highest BCUT2D eigenvalue weighted by Gasteiger charge is 2.20. The van der Waals surface area contributed by atoms with Gasteiger partial charge in [0, 0.05) is 11.6 Å². The monoisotopic (exact) mass is 209 g/mol. The molecule has 1 atom stereocenters. The molecular formula is C12H16FNO. The first-order chi connectivity index (χ1) is 7.31. The third kappa shape index (κ3) is 2.29.